The highest BCUT2D eigenvalue weighted by atomic mass is 16.5. The quantitative estimate of drug-likeness (QED) is 0.589. The number of pyridine rings is 1. The number of benzene rings is 2. The second-order valence-corrected chi connectivity index (χ2v) is 6.55. The highest BCUT2D eigenvalue weighted by Gasteiger charge is 2.23. The standard InChI is InChI=1S/C23H23NO4/c1-4-17(16-10-6-5-7-11-16)22(25)28-14-20-21(23(26)27-3)15(2)18-12-8-9-13-19(18)24-20/h5-13,17H,4,14H2,1-3H3/t17-/m0/s1. The van der Waals surface area contributed by atoms with E-state index in [0.717, 1.165) is 22.0 Å². The minimum absolute atomic E-state index is 0.0850. The number of nitrogens with zero attached hydrogens (tertiary/aromatic N) is 1. The van der Waals surface area contributed by atoms with Crippen molar-refractivity contribution in [1.29, 1.82) is 0 Å². The third-order valence-electron chi connectivity index (χ3n) is 4.86. The van der Waals surface area contributed by atoms with Crippen molar-refractivity contribution < 1.29 is 19.1 Å². The maximum atomic E-state index is 12.7. The van der Waals surface area contributed by atoms with E-state index in [-0.39, 0.29) is 18.5 Å². The summed E-state index contributed by atoms with van der Waals surface area (Å²) in [7, 11) is 1.33. The summed E-state index contributed by atoms with van der Waals surface area (Å²) in [5.41, 5.74) is 3.17. The van der Waals surface area contributed by atoms with Gasteiger partial charge in [0.2, 0.25) is 0 Å². The summed E-state index contributed by atoms with van der Waals surface area (Å²) in [4.78, 5) is 29.6. The lowest BCUT2D eigenvalue weighted by Gasteiger charge is -2.16. The van der Waals surface area contributed by atoms with Crippen LogP contribution in [0.2, 0.25) is 0 Å². The molecule has 0 radical (unpaired) electrons. The molecule has 0 bridgehead atoms. The van der Waals surface area contributed by atoms with Crippen molar-refractivity contribution in [1.82, 2.24) is 4.98 Å². The molecule has 144 valence electrons. The van der Waals surface area contributed by atoms with Gasteiger partial charge in [-0.05, 0) is 30.5 Å². The first-order valence-electron chi connectivity index (χ1n) is 9.24. The van der Waals surface area contributed by atoms with Crippen molar-refractivity contribution in [2.45, 2.75) is 32.8 Å². The van der Waals surface area contributed by atoms with Crippen LogP contribution in [0.3, 0.4) is 0 Å². The third kappa shape index (κ3) is 3.88. The fraction of sp³-hybridized carbons (Fsp3) is 0.261. The largest absolute Gasteiger partial charge is 0.465 e. The third-order valence-corrected chi connectivity index (χ3v) is 4.86. The molecule has 0 saturated heterocycles. The van der Waals surface area contributed by atoms with Crippen LogP contribution in [0.4, 0.5) is 0 Å². The molecule has 0 aliphatic carbocycles. The Hall–Kier alpha value is -3.21. The molecule has 0 fully saturated rings. The maximum Gasteiger partial charge on any atom is 0.340 e. The van der Waals surface area contributed by atoms with E-state index < -0.39 is 5.97 Å². The van der Waals surface area contributed by atoms with E-state index in [2.05, 4.69) is 4.98 Å². The Labute approximate surface area is 164 Å². The Morgan fingerprint density at radius 2 is 1.71 bits per heavy atom. The summed E-state index contributed by atoms with van der Waals surface area (Å²) in [6, 6.07) is 17.1. The Morgan fingerprint density at radius 3 is 2.39 bits per heavy atom. The lowest BCUT2D eigenvalue weighted by molar-refractivity contribution is -0.147. The average Bonchev–Trinajstić information content (AvgIpc) is 2.73. The maximum absolute atomic E-state index is 12.7. The van der Waals surface area contributed by atoms with Crippen molar-refractivity contribution >= 4 is 22.8 Å². The number of aromatic nitrogens is 1. The molecule has 0 N–H and O–H groups in total. The predicted molar refractivity (Wildman–Crippen MR) is 107 cm³/mol. The molecule has 0 amide bonds. The Kier molecular flexibility index (Phi) is 6.04. The van der Waals surface area contributed by atoms with E-state index in [1.807, 2.05) is 68.4 Å². The summed E-state index contributed by atoms with van der Waals surface area (Å²) in [6.07, 6.45) is 0.622. The number of rotatable bonds is 6. The van der Waals surface area contributed by atoms with Gasteiger partial charge in [-0.15, -0.1) is 0 Å². The van der Waals surface area contributed by atoms with E-state index in [9.17, 15) is 9.59 Å². The Bertz CT molecular complexity index is 998. The van der Waals surface area contributed by atoms with Gasteiger partial charge in [0.1, 0.15) is 6.61 Å². The topological polar surface area (TPSA) is 65.5 Å². The van der Waals surface area contributed by atoms with Gasteiger partial charge >= 0.3 is 11.9 Å². The van der Waals surface area contributed by atoms with E-state index >= 15 is 0 Å². The van der Waals surface area contributed by atoms with Crippen LogP contribution < -0.4 is 0 Å². The average molecular weight is 377 g/mol. The first kappa shape index (κ1) is 19.5. The zero-order valence-corrected chi connectivity index (χ0v) is 16.3. The zero-order valence-electron chi connectivity index (χ0n) is 16.3. The van der Waals surface area contributed by atoms with Crippen molar-refractivity contribution in [3.05, 3.63) is 77.0 Å². The molecule has 3 aromatic rings. The fourth-order valence-electron chi connectivity index (χ4n) is 3.38. The van der Waals surface area contributed by atoms with E-state index in [0.29, 0.717) is 17.7 Å². The first-order valence-corrected chi connectivity index (χ1v) is 9.24. The summed E-state index contributed by atoms with van der Waals surface area (Å²) in [6.45, 7) is 3.70. The number of aryl methyl sites for hydroxylation is 1. The van der Waals surface area contributed by atoms with Crippen LogP contribution in [0, 0.1) is 6.92 Å². The molecular formula is C23H23NO4. The number of hydrogen-bond donors (Lipinski definition) is 0. The number of carbonyl (C=O) groups excluding carboxylic acids is 2. The van der Waals surface area contributed by atoms with E-state index in [1.54, 1.807) is 0 Å². The number of fused-ring (bicyclic) bond motifs is 1. The summed E-state index contributed by atoms with van der Waals surface area (Å²) in [5.74, 6) is -1.18. The number of ether oxygens (including phenoxy) is 2. The van der Waals surface area contributed by atoms with Crippen molar-refractivity contribution in [2.75, 3.05) is 7.11 Å². The molecule has 5 nitrogen and oxygen atoms in total. The summed E-state index contributed by atoms with van der Waals surface area (Å²) < 4.78 is 10.5. The number of esters is 2. The molecule has 0 unspecified atom stereocenters. The lowest BCUT2D eigenvalue weighted by Crippen LogP contribution is -2.18. The van der Waals surface area contributed by atoms with Crippen LogP contribution in [0.25, 0.3) is 10.9 Å². The summed E-state index contributed by atoms with van der Waals surface area (Å²) in [5, 5.41) is 0.869. The van der Waals surface area contributed by atoms with Crippen LogP contribution in [-0.4, -0.2) is 24.0 Å². The monoisotopic (exact) mass is 377 g/mol. The smallest absolute Gasteiger partial charge is 0.340 e. The van der Waals surface area contributed by atoms with E-state index in [1.165, 1.54) is 7.11 Å². The molecule has 28 heavy (non-hydrogen) atoms. The van der Waals surface area contributed by atoms with Gasteiger partial charge in [0.25, 0.3) is 0 Å². The fourth-order valence-corrected chi connectivity index (χ4v) is 3.38. The van der Waals surface area contributed by atoms with Gasteiger partial charge < -0.3 is 9.47 Å². The molecule has 5 heteroatoms. The number of methoxy groups -OCH3 is 1. The lowest BCUT2D eigenvalue weighted by atomic mass is 9.97. The number of hydrogen-bond acceptors (Lipinski definition) is 5. The number of para-hydroxylation sites is 1. The van der Waals surface area contributed by atoms with Crippen LogP contribution in [0.5, 0.6) is 0 Å². The van der Waals surface area contributed by atoms with E-state index in [4.69, 9.17) is 9.47 Å². The molecular weight excluding hydrogens is 354 g/mol. The predicted octanol–water partition coefficient (Wildman–Crippen LogP) is 4.57. The van der Waals surface area contributed by atoms with Crippen molar-refractivity contribution in [2.24, 2.45) is 0 Å². The van der Waals surface area contributed by atoms with Gasteiger partial charge in [-0.2, -0.15) is 0 Å². The Balaban J connectivity index is 1.91. The molecule has 0 aliphatic heterocycles. The van der Waals surface area contributed by atoms with Crippen molar-refractivity contribution in [3.63, 3.8) is 0 Å². The molecule has 2 aromatic carbocycles. The SMILES string of the molecule is CC[C@H](C(=O)OCc1nc2ccccc2c(C)c1C(=O)OC)c1ccccc1. The highest BCUT2D eigenvalue weighted by Crippen LogP contribution is 2.26. The van der Waals surface area contributed by atoms with Gasteiger partial charge in [0.15, 0.2) is 0 Å². The van der Waals surface area contributed by atoms with Crippen LogP contribution in [0.1, 0.15) is 46.4 Å². The van der Waals surface area contributed by atoms with Gasteiger partial charge in [0.05, 0.1) is 29.8 Å². The molecule has 0 spiro atoms. The van der Waals surface area contributed by atoms with Crippen LogP contribution in [-0.2, 0) is 20.9 Å². The van der Waals surface area contributed by atoms with Gasteiger partial charge in [-0.1, -0.05) is 55.5 Å². The molecule has 0 saturated carbocycles. The van der Waals surface area contributed by atoms with Gasteiger partial charge in [0, 0.05) is 5.39 Å². The first-order chi connectivity index (χ1) is 13.6. The normalized spacial score (nSPS) is 11.8. The number of carbonyl (C=O) groups is 2. The minimum Gasteiger partial charge on any atom is -0.465 e. The zero-order chi connectivity index (χ0) is 20.1. The van der Waals surface area contributed by atoms with Crippen LogP contribution >= 0.6 is 0 Å². The molecule has 1 aromatic heterocycles. The second-order valence-electron chi connectivity index (χ2n) is 6.55. The molecule has 0 aliphatic rings. The molecule has 3 rings (SSSR count). The Morgan fingerprint density at radius 1 is 1.04 bits per heavy atom. The van der Waals surface area contributed by atoms with Crippen molar-refractivity contribution in [3.8, 4) is 0 Å². The molecule has 1 atom stereocenters. The minimum atomic E-state index is -0.489. The second kappa shape index (κ2) is 8.65. The van der Waals surface area contributed by atoms with Crippen LogP contribution in [0.15, 0.2) is 54.6 Å². The summed E-state index contributed by atoms with van der Waals surface area (Å²) >= 11 is 0. The molecule has 1 heterocycles. The highest BCUT2D eigenvalue weighted by molar-refractivity contribution is 5.98. The van der Waals surface area contributed by atoms with Gasteiger partial charge in [-0.3, -0.25) is 4.79 Å². The van der Waals surface area contributed by atoms with Gasteiger partial charge in [-0.25, -0.2) is 9.78 Å².